The Balaban J connectivity index is 1.65. The zero-order chi connectivity index (χ0) is 18.6. The summed E-state index contributed by atoms with van der Waals surface area (Å²) in [4.78, 5) is 2.23. The van der Waals surface area contributed by atoms with Crippen LogP contribution < -0.4 is 10.3 Å². The van der Waals surface area contributed by atoms with E-state index in [0.717, 1.165) is 36.5 Å². The molecule has 1 saturated heterocycles. The summed E-state index contributed by atoms with van der Waals surface area (Å²) in [6.07, 6.45) is -2.90. The molecule has 3 rings (SSSR count). The molecule has 0 unspecified atom stereocenters. The SMILES string of the molecule is FC(F)(F)c1ccc(Cl)c(N/N=C\c2ccc(N3CCOCC3)cc2)c1. The fraction of sp³-hybridized carbons (Fsp3) is 0.278. The molecule has 2 aromatic rings. The van der Waals surface area contributed by atoms with Gasteiger partial charge >= 0.3 is 6.18 Å². The van der Waals surface area contributed by atoms with E-state index in [-0.39, 0.29) is 10.7 Å². The Morgan fingerprint density at radius 3 is 2.42 bits per heavy atom. The Hall–Kier alpha value is -2.25. The normalized spacial score (nSPS) is 15.5. The van der Waals surface area contributed by atoms with Gasteiger partial charge in [0.15, 0.2) is 0 Å². The maximum absolute atomic E-state index is 12.8. The first-order valence-corrected chi connectivity index (χ1v) is 8.40. The Labute approximate surface area is 154 Å². The van der Waals surface area contributed by atoms with Gasteiger partial charge in [-0.15, -0.1) is 0 Å². The van der Waals surface area contributed by atoms with Crippen molar-refractivity contribution in [3.05, 3.63) is 58.6 Å². The minimum atomic E-state index is -4.43. The molecule has 138 valence electrons. The summed E-state index contributed by atoms with van der Waals surface area (Å²) in [5.74, 6) is 0. The van der Waals surface area contributed by atoms with Crippen LogP contribution >= 0.6 is 11.6 Å². The quantitative estimate of drug-likeness (QED) is 0.617. The molecule has 0 bridgehead atoms. The van der Waals surface area contributed by atoms with Crippen molar-refractivity contribution in [2.75, 3.05) is 36.6 Å². The van der Waals surface area contributed by atoms with Gasteiger partial charge in [-0.3, -0.25) is 5.43 Å². The van der Waals surface area contributed by atoms with Crippen molar-refractivity contribution in [2.24, 2.45) is 5.10 Å². The van der Waals surface area contributed by atoms with E-state index in [1.54, 1.807) is 0 Å². The van der Waals surface area contributed by atoms with Crippen LogP contribution in [0.1, 0.15) is 11.1 Å². The van der Waals surface area contributed by atoms with E-state index in [4.69, 9.17) is 16.3 Å². The maximum atomic E-state index is 12.8. The lowest BCUT2D eigenvalue weighted by molar-refractivity contribution is -0.137. The molecule has 0 radical (unpaired) electrons. The summed E-state index contributed by atoms with van der Waals surface area (Å²) in [6, 6.07) is 10.8. The molecule has 1 heterocycles. The first-order valence-electron chi connectivity index (χ1n) is 8.02. The lowest BCUT2D eigenvalue weighted by Crippen LogP contribution is -2.36. The van der Waals surface area contributed by atoms with Gasteiger partial charge in [0.2, 0.25) is 0 Å². The second kappa shape index (κ2) is 7.97. The maximum Gasteiger partial charge on any atom is 0.416 e. The predicted octanol–water partition coefficient (Wildman–Crippen LogP) is 4.64. The standard InChI is InChI=1S/C18H17ClF3N3O/c19-16-6-3-14(18(20,21)22)11-17(16)24-23-12-13-1-4-15(5-2-13)25-7-9-26-10-8-25/h1-6,11-12,24H,7-10H2/b23-12-. The molecule has 4 nitrogen and oxygen atoms in total. The Morgan fingerprint density at radius 1 is 1.08 bits per heavy atom. The van der Waals surface area contributed by atoms with Gasteiger partial charge in [-0.05, 0) is 35.9 Å². The minimum absolute atomic E-state index is 0.0997. The fourth-order valence-corrected chi connectivity index (χ4v) is 2.72. The molecular weight excluding hydrogens is 367 g/mol. The molecule has 0 aromatic heterocycles. The summed E-state index contributed by atoms with van der Waals surface area (Å²) in [7, 11) is 0. The molecular formula is C18H17ClF3N3O. The number of morpholine rings is 1. The van der Waals surface area contributed by atoms with E-state index in [1.165, 1.54) is 12.3 Å². The molecule has 0 atom stereocenters. The number of ether oxygens (including phenoxy) is 1. The monoisotopic (exact) mass is 383 g/mol. The molecule has 1 N–H and O–H groups in total. The summed E-state index contributed by atoms with van der Waals surface area (Å²) in [5.41, 5.74) is 3.79. The summed E-state index contributed by atoms with van der Waals surface area (Å²) in [6.45, 7) is 3.13. The summed E-state index contributed by atoms with van der Waals surface area (Å²) < 4.78 is 43.6. The van der Waals surface area contributed by atoms with Crippen molar-refractivity contribution < 1.29 is 17.9 Å². The van der Waals surface area contributed by atoms with Gasteiger partial charge in [-0.25, -0.2) is 0 Å². The van der Waals surface area contributed by atoms with Crippen LogP contribution in [0.15, 0.2) is 47.6 Å². The summed E-state index contributed by atoms with van der Waals surface area (Å²) >= 11 is 5.92. The van der Waals surface area contributed by atoms with Crippen LogP contribution in [0.25, 0.3) is 0 Å². The molecule has 0 saturated carbocycles. The number of benzene rings is 2. The first-order chi connectivity index (χ1) is 12.4. The highest BCUT2D eigenvalue weighted by molar-refractivity contribution is 6.33. The lowest BCUT2D eigenvalue weighted by atomic mass is 10.2. The van der Waals surface area contributed by atoms with Gasteiger partial charge in [-0.1, -0.05) is 23.7 Å². The Morgan fingerprint density at radius 2 is 1.77 bits per heavy atom. The average Bonchev–Trinajstić information content (AvgIpc) is 2.63. The number of alkyl halides is 3. The van der Waals surface area contributed by atoms with Crippen LogP contribution in [0.4, 0.5) is 24.5 Å². The Kier molecular flexibility index (Phi) is 5.68. The predicted molar refractivity (Wildman–Crippen MR) is 97.1 cm³/mol. The van der Waals surface area contributed by atoms with Crippen LogP contribution in [-0.2, 0) is 10.9 Å². The van der Waals surface area contributed by atoms with Crippen molar-refractivity contribution in [2.45, 2.75) is 6.18 Å². The van der Waals surface area contributed by atoms with E-state index < -0.39 is 11.7 Å². The molecule has 26 heavy (non-hydrogen) atoms. The lowest BCUT2D eigenvalue weighted by Gasteiger charge is -2.28. The van der Waals surface area contributed by atoms with E-state index in [1.807, 2.05) is 24.3 Å². The topological polar surface area (TPSA) is 36.9 Å². The van der Waals surface area contributed by atoms with E-state index in [2.05, 4.69) is 15.4 Å². The van der Waals surface area contributed by atoms with Crippen LogP contribution in [0, 0.1) is 0 Å². The molecule has 2 aromatic carbocycles. The number of rotatable bonds is 4. The number of hydrazone groups is 1. The van der Waals surface area contributed by atoms with Crippen LogP contribution in [0.3, 0.4) is 0 Å². The van der Waals surface area contributed by atoms with Crippen molar-refractivity contribution in [3.63, 3.8) is 0 Å². The molecule has 0 amide bonds. The van der Waals surface area contributed by atoms with Gasteiger partial charge < -0.3 is 9.64 Å². The fourth-order valence-electron chi connectivity index (χ4n) is 2.56. The van der Waals surface area contributed by atoms with Crippen molar-refractivity contribution >= 4 is 29.2 Å². The smallest absolute Gasteiger partial charge is 0.378 e. The molecule has 0 aliphatic carbocycles. The van der Waals surface area contributed by atoms with E-state index in [9.17, 15) is 13.2 Å². The number of hydrogen-bond donors (Lipinski definition) is 1. The Bertz CT molecular complexity index is 772. The highest BCUT2D eigenvalue weighted by atomic mass is 35.5. The molecule has 8 heteroatoms. The largest absolute Gasteiger partial charge is 0.416 e. The number of nitrogens with one attached hydrogen (secondary N) is 1. The molecule has 0 spiro atoms. The van der Waals surface area contributed by atoms with Gasteiger partial charge in [0, 0.05) is 18.8 Å². The zero-order valence-corrected chi connectivity index (χ0v) is 14.5. The third-order valence-corrected chi connectivity index (χ3v) is 4.29. The number of nitrogens with zero attached hydrogens (tertiary/aromatic N) is 2. The van der Waals surface area contributed by atoms with Gasteiger partial charge in [-0.2, -0.15) is 18.3 Å². The summed E-state index contributed by atoms with van der Waals surface area (Å²) in [5, 5.41) is 4.14. The van der Waals surface area contributed by atoms with Crippen molar-refractivity contribution in [3.8, 4) is 0 Å². The molecule has 1 aliphatic heterocycles. The van der Waals surface area contributed by atoms with Crippen molar-refractivity contribution in [1.29, 1.82) is 0 Å². The van der Waals surface area contributed by atoms with E-state index >= 15 is 0 Å². The number of halogens is 4. The second-order valence-electron chi connectivity index (χ2n) is 5.75. The third-order valence-electron chi connectivity index (χ3n) is 3.96. The highest BCUT2D eigenvalue weighted by Gasteiger charge is 2.30. The highest BCUT2D eigenvalue weighted by Crippen LogP contribution is 2.33. The van der Waals surface area contributed by atoms with Crippen LogP contribution in [0.5, 0.6) is 0 Å². The third kappa shape index (κ3) is 4.68. The van der Waals surface area contributed by atoms with Gasteiger partial charge in [0.1, 0.15) is 0 Å². The molecule has 1 fully saturated rings. The van der Waals surface area contributed by atoms with Gasteiger partial charge in [0.05, 0.1) is 35.7 Å². The molecule has 1 aliphatic rings. The van der Waals surface area contributed by atoms with Crippen LogP contribution in [0.2, 0.25) is 5.02 Å². The number of anilines is 2. The van der Waals surface area contributed by atoms with Gasteiger partial charge in [0.25, 0.3) is 0 Å². The zero-order valence-electron chi connectivity index (χ0n) is 13.8. The first kappa shape index (κ1) is 18.5. The average molecular weight is 384 g/mol. The number of hydrogen-bond acceptors (Lipinski definition) is 4. The van der Waals surface area contributed by atoms with E-state index in [0.29, 0.717) is 13.2 Å². The second-order valence-corrected chi connectivity index (χ2v) is 6.16. The van der Waals surface area contributed by atoms with Crippen molar-refractivity contribution in [1.82, 2.24) is 0 Å². The van der Waals surface area contributed by atoms with Crippen LogP contribution in [-0.4, -0.2) is 32.5 Å². The minimum Gasteiger partial charge on any atom is -0.378 e.